The van der Waals surface area contributed by atoms with Gasteiger partial charge in [-0.3, -0.25) is 14.4 Å². The van der Waals surface area contributed by atoms with Crippen LogP contribution in [0.15, 0.2) is 11.5 Å². The molecule has 0 aromatic carbocycles. The lowest BCUT2D eigenvalue weighted by molar-refractivity contribution is -0.173. The largest absolute Gasteiger partial charge is 0.499 e. The van der Waals surface area contributed by atoms with Crippen LogP contribution in [-0.2, 0) is 38.1 Å². The zero-order valence-electron chi connectivity index (χ0n) is 40.6. The van der Waals surface area contributed by atoms with Crippen molar-refractivity contribution in [1.29, 1.82) is 0 Å². The Morgan fingerprint density at radius 2 is 0.833 bits per heavy atom. The molecule has 0 radical (unpaired) electrons. The number of carbonyl (C=O) groups is 4. The van der Waals surface area contributed by atoms with E-state index in [1.807, 2.05) is 20.8 Å². The summed E-state index contributed by atoms with van der Waals surface area (Å²) < 4.78 is 22.6. The Morgan fingerprint density at radius 1 is 0.500 bits per heavy atom. The van der Waals surface area contributed by atoms with Crippen LogP contribution in [0.5, 0.6) is 0 Å². The third-order valence-corrected chi connectivity index (χ3v) is 12.3. The zero-order valence-corrected chi connectivity index (χ0v) is 40.6. The van der Waals surface area contributed by atoms with Gasteiger partial charge in [-0.2, -0.15) is 0 Å². The second-order valence-corrected chi connectivity index (χ2v) is 20.7. The maximum atomic E-state index is 13.4. The van der Waals surface area contributed by atoms with Gasteiger partial charge in [0.1, 0.15) is 6.61 Å². The lowest BCUT2D eigenvalue weighted by Gasteiger charge is -2.25. The minimum atomic E-state index is -1.43. The summed E-state index contributed by atoms with van der Waals surface area (Å²) in [5, 5.41) is 10.7. The van der Waals surface area contributed by atoms with Gasteiger partial charge in [-0.15, -0.1) is 0 Å². The lowest BCUT2D eigenvalue weighted by atomic mass is 9.92. The van der Waals surface area contributed by atoms with E-state index in [1.54, 1.807) is 0 Å². The SMILES string of the molecule is CC(C)CCCC(C)CCCC(C)CC(=O)OCC(OC(=O)CC(C)CCCC(C)CCCC(C)C)C1OC(=O)C(O)=C1OC(=O)CC(C)CCCC(C)CCCC(C)C. The van der Waals surface area contributed by atoms with Crippen molar-refractivity contribution in [3.8, 4) is 0 Å². The molecule has 9 nitrogen and oxygen atoms in total. The molecule has 1 rings (SSSR count). The molecule has 0 aliphatic carbocycles. The number of hydrogen-bond donors (Lipinski definition) is 1. The number of cyclic esters (lactones) is 1. The Labute approximate surface area is 367 Å². The molecule has 0 saturated carbocycles. The molecule has 0 spiro atoms. The molecule has 8 unspecified atom stereocenters. The summed E-state index contributed by atoms with van der Waals surface area (Å²) in [6.07, 6.45) is 17.6. The normalized spacial score (nSPS) is 18.0. The number of rotatable bonds is 35. The van der Waals surface area contributed by atoms with Crippen molar-refractivity contribution >= 4 is 23.9 Å². The summed E-state index contributed by atoms with van der Waals surface area (Å²) in [5.74, 6) is 0.263. The third kappa shape index (κ3) is 26.7. The summed E-state index contributed by atoms with van der Waals surface area (Å²) in [6.45, 7) is 26.0. The van der Waals surface area contributed by atoms with Crippen LogP contribution in [-0.4, -0.2) is 47.8 Å². The standard InChI is InChI=1S/C51H92O9/c1-35(2)19-13-22-38(7)25-16-28-41(10)31-45(52)57-34-44(58-46(53)32-42(11)29-17-26-39(8)23-14-20-36(3)4)49-50(48(55)51(56)60-49)59-47(54)33-43(12)30-18-27-40(9)24-15-21-37(5)6/h35-44,49,55H,13-34H2,1-12H3. The molecule has 0 aromatic heterocycles. The first kappa shape index (κ1) is 55.4. The molecule has 0 saturated heterocycles. The second kappa shape index (κ2) is 31.3. The van der Waals surface area contributed by atoms with E-state index in [-0.39, 0.29) is 37.0 Å². The number of carbonyl (C=O) groups excluding carboxylic acids is 4. The van der Waals surface area contributed by atoms with E-state index in [2.05, 4.69) is 62.3 Å². The number of aliphatic hydroxyl groups excluding tert-OH is 1. The monoisotopic (exact) mass is 849 g/mol. The molecule has 0 amide bonds. The van der Waals surface area contributed by atoms with Gasteiger partial charge in [0.05, 0.1) is 0 Å². The topological polar surface area (TPSA) is 125 Å². The van der Waals surface area contributed by atoms with Crippen molar-refractivity contribution < 1.29 is 43.2 Å². The van der Waals surface area contributed by atoms with Gasteiger partial charge in [0.2, 0.25) is 17.6 Å². The third-order valence-electron chi connectivity index (χ3n) is 12.3. The van der Waals surface area contributed by atoms with Crippen molar-refractivity contribution in [3.63, 3.8) is 0 Å². The number of aliphatic hydroxyl groups is 1. The van der Waals surface area contributed by atoms with Gasteiger partial charge in [0, 0.05) is 19.3 Å². The average Bonchev–Trinajstić information content (AvgIpc) is 3.40. The number of esters is 4. The van der Waals surface area contributed by atoms with Crippen LogP contribution in [0, 0.1) is 53.3 Å². The van der Waals surface area contributed by atoms with Crippen LogP contribution in [0.2, 0.25) is 0 Å². The quantitative estimate of drug-likeness (QED) is 0.0490. The molecule has 1 heterocycles. The molecule has 8 atom stereocenters. The Balaban J connectivity index is 2.90. The van der Waals surface area contributed by atoms with E-state index in [0.717, 1.165) is 63.7 Å². The van der Waals surface area contributed by atoms with Crippen molar-refractivity contribution in [3.05, 3.63) is 11.5 Å². The summed E-state index contributed by atoms with van der Waals surface area (Å²) in [5.41, 5.74) is 0. The average molecular weight is 849 g/mol. The van der Waals surface area contributed by atoms with Crippen LogP contribution in [0.1, 0.15) is 218 Å². The fourth-order valence-electron chi connectivity index (χ4n) is 8.27. The van der Waals surface area contributed by atoms with Crippen molar-refractivity contribution in [2.24, 2.45) is 53.3 Å². The molecule has 0 aromatic rings. The first-order valence-corrected chi connectivity index (χ1v) is 24.5. The fourth-order valence-corrected chi connectivity index (χ4v) is 8.27. The predicted molar refractivity (Wildman–Crippen MR) is 243 cm³/mol. The highest BCUT2D eigenvalue weighted by molar-refractivity contribution is 5.90. The molecule has 0 bridgehead atoms. The molecule has 60 heavy (non-hydrogen) atoms. The maximum absolute atomic E-state index is 13.4. The van der Waals surface area contributed by atoms with Crippen LogP contribution < -0.4 is 0 Å². The molecule has 1 aliphatic rings. The smallest absolute Gasteiger partial charge is 0.378 e. The first-order chi connectivity index (χ1) is 28.3. The predicted octanol–water partition coefficient (Wildman–Crippen LogP) is 13.7. The van der Waals surface area contributed by atoms with Crippen molar-refractivity contribution in [1.82, 2.24) is 0 Å². The van der Waals surface area contributed by atoms with E-state index in [1.165, 1.54) is 57.8 Å². The van der Waals surface area contributed by atoms with E-state index in [0.29, 0.717) is 29.6 Å². The minimum Gasteiger partial charge on any atom is -0.499 e. The first-order valence-electron chi connectivity index (χ1n) is 24.5. The highest BCUT2D eigenvalue weighted by atomic mass is 16.6. The fraction of sp³-hybridized carbons (Fsp3) is 0.882. The Hall–Kier alpha value is -2.58. The van der Waals surface area contributed by atoms with Gasteiger partial charge in [-0.1, -0.05) is 199 Å². The van der Waals surface area contributed by atoms with Gasteiger partial charge in [0.15, 0.2) is 6.10 Å². The Kier molecular flexibility index (Phi) is 28.9. The highest BCUT2D eigenvalue weighted by Gasteiger charge is 2.45. The van der Waals surface area contributed by atoms with Gasteiger partial charge >= 0.3 is 23.9 Å². The van der Waals surface area contributed by atoms with E-state index >= 15 is 0 Å². The van der Waals surface area contributed by atoms with Crippen LogP contribution in [0.4, 0.5) is 0 Å². The summed E-state index contributed by atoms with van der Waals surface area (Å²) >= 11 is 0. The molecular weight excluding hydrogens is 757 g/mol. The second-order valence-electron chi connectivity index (χ2n) is 20.7. The highest BCUT2D eigenvalue weighted by Crippen LogP contribution is 2.30. The summed E-state index contributed by atoms with van der Waals surface area (Å²) in [6, 6.07) is 0. The Bertz CT molecular complexity index is 1240. The van der Waals surface area contributed by atoms with Gasteiger partial charge in [0.25, 0.3) is 0 Å². The molecule has 0 fully saturated rings. The maximum Gasteiger partial charge on any atom is 0.378 e. The summed E-state index contributed by atoms with van der Waals surface area (Å²) in [7, 11) is 0. The van der Waals surface area contributed by atoms with E-state index < -0.39 is 54.2 Å². The Morgan fingerprint density at radius 3 is 1.22 bits per heavy atom. The molecule has 9 heteroatoms. The molecule has 1 N–H and O–H groups in total. The van der Waals surface area contributed by atoms with Gasteiger partial charge < -0.3 is 24.1 Å². The molecule has 1 aliphatic heterocycles. The van der Waals surface area contributed by atoms with Crippen molar-refractivity contribution in [2.75, 3.05) is 6.61 Å². The number of hydrogen-bond acceptors (Lipinski definition) is 9. The number of ether oxygens (including phenoxy) is 4. The molecular formula is C51H92O9. The van der Waals surface area contributed by atoms with Gasteiger partial charge in [-0.05, 0) is 53.3 Å². The van der Waals surface area contributed by atoms with E-state index in [4.69, 9.17) is 18.9 Å². The molecule has 350 valence electrons. The van der Waals surface area contributed by atoms with E-state index in [9.17, 15) is 24.3 Å². The van der Waals surface area contributed by atoms with Gasteiger partial charge in [-0.25, -0.2) is 4.79 Å². The van der Waals surface area contributed by atoms with Crippen molar-refractivity contribution in [2.45, 2.75) is 230 Å². The summed E-state index contributed by atoms with van der Waals surface area (Å²) in [4.78, 5) is 52.4. The minimum absolute atomic E-state index is 0.0220. The lowest BCUT2D eigenvalue weighted by Crippen LogP contribution is -2.39. The zero-order chi connectivity index (χ0) is 45.2. The van der Waals surface area contributed by atoms with Crippen LogP contribution in [0.3, 0.4) is 0 Å². The van der Waals surface area contributed by atoms with Crippen LogP contribution in [0.25, 0.3) is 0 Å². The van der Waals surface area contributed by atoms with Crippen LogP contribution >= 0.6 is 0 Å².